The topological polar surface area (TPSA) is 61.5 Å². The molecule has 0 bridgehead atoms. The molecule has 2 aliphatic heterocycles. The number of piperidine rings is 1. The number of likely N-dealkylation sites (tertiary alicyclic amines) is 2. The number of methoxy groups -OCH3 is 1. The van der Waals surface area contributed by atoms with Crippen LogP contribution in [0.15, 0.2) is 30.3 Å². The third kappa shape index (κ3) is 4.22. The first-order valence-corrected chi connectivity index (χ1v) is 10.5. The van der Waals surface area contributed by atoms with Crippen LogP contribution in [0, 0.1) is 0 Å². The van der Waals surface area contributed by atoms with E-state index in [-0.39, 0.29) is 5.91 Å². The van der Waals surface area contributed by atoms with Crippen molar-refractivity contribution in [1.82, 2.24) is 20.0 Å². The largest absolute Gasteiger partial charge is 0.497 e. The van der Waals surface area contributed by atoms with Gasteiger partial charge in [-0.15, -0.1) is 0 Å². The van der Waals surface area contributed by atoms with Gasteiger partial charge in [0.25, 0.3) is 5.91 Å². The predicted molar refractivity (Wildman–Crippen MR) is 110 cm³/mol. The molecule has 0 spiro atoms. The van der Waals surface area contributed by atoms with Crippen molar-refractivity contribution in [3.8, 4) is 17.0 Å². The molecule has 2 aromatic rings. The summed E-state index contributed by atoms with van der Waals surface area (Å²) >= 11 is 0. The number of nitrogens with one attached hydrogen (secondary N) is 1. The van der Waals surface area contributed by atoms with Crippen LogP contribution >= 0.6 is 0 Å². The molecule has 6 heteroatoms. The molecule has 2 fully saturated rings. The minimum atomic E-state index is 0.0766. The van der Waals surface area contributed by atoms with Crippen LogP contribution in [-0.4, -0.2) is 65.2 Å². The summed E-state index contributed by atoms with van der Waals surface area (Å²) in [5.74, 6) is 0.860. The van der Waals surface area contributed by atoms with Gasteiger partial charge in [-0.1, -0.05) is 12.1 Å². The highest BCUT2D eigenvalue weighted by Crippen LogP contribution is 2.26. The Morgan fingerprint density at radius 2 is 2.00 bits per heavy atom. The molecule has 2 saturated heterocycles. The number of nitrogens with zero attached hydrogens (tertiary/aromatic N) is 3. The molecule has 0 aliphatic carbocycles. The van der Waals surface area contributed by atoms with Crippen LogP contribution < -0.4 is 4.74 Å². The third-order valence-electron chi connectivity index (χ3n) is 6.04. The molecular formula is C22H30N4O2. The number of H-pyrrole nitrogens is 1. The SMILES string of the molecule is COc1cccc(-c2cc(C(=O)N3CCCCC3CCN3CCCC3)[nH]n2)c1. The van der Waals surface area contributed by atoms with Crippen molar-refractivity contribution >= 4 is 5.91 Å². The third-order valence-corrected chi connectivity index (χ3v) is 6.04. The number of ether oxygens (including phenoxy) is 1. The van der Waals surface area contributed by atoms with Gasteiger partial charge in [-0.05, 0) is 69.8 Å². The number of aromatic nitrogens is 2. The predicted octanol–water partition coefficient (Wildman–Crippen LogP) is 3.57. The fourth-order valence-electron chi connectivity index (χ4n) is 4.42. The van der Waals surface area contributed by atoms with Gasteiger partial charge in [-0.25, -0.2) is 0 Å². The van der Waals surface area contributed by atoms with Crippen molar-refractivity contribution in [3.63, 3.8) is 0 Å². The zero-order valence-corrected chi connectivity index (χ0v) is 16.7. The first-order valence-electron chi connectivity index (χ1n) is 10.5. The average molecular weight is 383 g/mol. The number of rotatable bonds is 6. The van der Waals surface area contributed by atoms with Crippen molar-refractivity contribution in [2.45, 2.75) is 44.6 Å². The Bertz CT molecular complexity index is 797. The number of carbonyl (C=O) groups excluding carboxylic acids is 1. The van der Waals surface area contributed by atoms with Crippen LogP contribution in [0.3, 0.4) is 0 Å². The summed E-state index contributed by atoms with van der Waals surface area (Å²) in [6, 6.07) is 9.95. The molecule has 6 nitrogen and oxygen atoms in total. The van der Waals surface area contributed by atoms with Gasteiger partial charge >= 0.3 is 0 Å². The molecule has 0 radical (unpaired) electrons. The van der Waals surface area contributed by atoms with Crippen molar-refractivity contribution in [1.29, 1.82) is 0 Å². The summed E-state index contributed by atoms with van der Waals surface area (Å²) in [6.45, 7) is 4.37. The quantitative estimate of drug-likeness (QED) is 0.830. The van der Waals surface area contributed by atoms with E-state index in [1.807, 2.05) is 30.3 Å². The molecule has 3 heterocycles. The van der Waals surface area contributed by atoms with Gasteiger partial charge in [0, 0.05) is 24.7 Å². The van der Waals surface area contributed by atoms with Gasteiger partial charge in [0.05, 0.1) is 12.8 Å². The van der Waals surface area contributed by atoms with E-state index < -0.39 is 0 Å². The second-order valence-electron chi connectivity index (χ2n) is 7.88. The highest BCUT2D eigenvalue weighted by molar-refractivity contribution is 5.93. The molecule has 1 atom stereocenters. The molecule has 0 saturated carbocycles. The summed E-state index contributed by atoms with van der Waals surface area (Å²) in [4.78, 5) is 17.8. The van der Waals surface area contributed by atoms with Gasteiger partial charge in [0.2, 0.25) is 0 Å². The van der Waals surface area contributed by atoms with Crippen molar-refractivity contribution in [2.75, 3.05) is 33.3 Å². The second kappa shape index (κ2) is 8.78. The zero-order valence-electron chi connectivity index (χ0n) is 16.7. The summed E-state index contributed by atoms with van der Waals surface area (Å²) < 4.78 is 5.29. The lowest BCUT2D eigenvalue weighted by atomic mass is 9.98. The van der Waals surface area contributed by atoms with Crippen LogP contribution in [0.25, 0.3) is 11.3 Å². The van der Waals surface area contributed by atoms with E-state index in [0.717, 1.165) is 49.4 Å². The summed E-state index contributed by atoms with van der Waals surface area (Å²) in [7, 11) is 1.65. The Morgan fingerprint density at radius 3 is 2.82 bits per heavy atom. The molecule has 1 amide bonds. The van der Waals surface area contributed by atoms with E-state index >= 15 is 0 Å². The first-order chi connectivity index (χ1) is 13.7. The molecule has 28 heavy (non-hydrogen) atoms. The summed E-state index contributed by atoms with van der Waals surface area (Å²) in [6.07, 6.45) is 7.11. The smallest absolute Gasteiger partial charge is 0.272 e. The van der Waals surface area contributed by atoms with Gasteiger partial charge < -0.3 is 14.5 Å². The highest BCUT2D eigenvalue weighted by atomic mass is 16.5. The molecule has 1 aromatic carbocycles. The van der Waals surface area contributed by atoms with Gasteiger partial charge in [0.15, 0.2) is 0 Å². The second-order valence-corrected chi connectivity index (χ2v) is 7.88. The lowest BCUT2D eigenvalue weighted by molar-refractivity contribution is 0.0582. The lowest BCUT2D eigenvalue weighted by Gasteiger charge is -2.36. The number of amides is 1. The molecule has 1 unspecified atom stereocenters. The highest BCUT2D eigenvalue weighted by Gasteiger charge is 2.29. The van der Waals surface area contributed by atoms with E-state index in [9.17, 15) is 4.79 Å². The van der Waals surface area contributed by atoms with Crippen LogP contribution in [-0.2, 0) is 0 Å². The Kier molecular flexibility index (Phi) is 5.95. The standard InChI is InChI=1S/C22H30N4O2/c1-28-19-9-6-7-17(15-19)20-16-21(24-23-20)22(27)26-13-3-2-8-18(26)10-14-25-11-4-5-12-25/h6-7,9,15-16,18H,2-5,8,10-14H2,1H3,(H,23,24). The Morgan fingerprint density at radius 1 is 1.18 bits per heavy atom. The van der Waals surface area contributed by atoms with Gasteiger partial charge in [-0.3, -0.25) is 9.89 Å². The van der Waals surface area contributed by atoms with E-state index in [1.54, 1.807) is 7.11 Å². The maximum Gasteiger partial charge on any atom is 0.272 e. The number of benzene rings is 1. The lowest BCUT2D eigenvalue weighted by Crippen LogP contribution is -2.45. The van der Waals surface area contributed by atoms with E-state index in [0.29, 0.717) is 11.7 Å². The fraction of sp³-hybridized carbons (Fsp3) is 0.545. The van der Waals surface area contributed by atoms with Crippen LogP contribution in [0.2, 0.25) is 0 Å². The molecule has 1 N–H and O–H groups in total. The van der Waals surface area contributed by atoms with Crippen molar-refractivity contribution in [2.24, 2.45) is 0 Å². The monoisotopic (exact) mass is 382 g/mol. The van der Waals surface area contributed by atoms with Crippen molar-refractivity contribution in [3.05, 3.63) is 36.0 Å². The first kappa shape index (κ1) is 19.0. The minimum Gasteiger partial charge on any atom is -0.497 e. The maximum absolute atomic E-state index is 13.2. The number of carbonyl (C=O) groups is 1. The van der Waals surface area contributed by atoms with Crippen LogP contribution in [0.1, 0.15) is 49.0 Å². The zero-order chi connectivity index (χ0) is 19.3. The van der Waals surface area contributed by atoms with Crippen LogP contribution in [0.5, 0.6) is 5.75 Å². The van der Waals surface area contributed by atoms with Gasteiger partial charge in [-0.2, -0.15) is 5.10 Å². The van der Waals surface area contributed by atoms with Crippen LogP contribution in [0.4, 0.5) is 0 Å². The minimum absolute atomic E-state index is 0.0766. The maximum atomic E-state index is 13.2. The summed E-state index contributed by atoms with van der Waals surface area (Å²) in [5, 5.41) is 7.34. The Hall–Kier alpha value is -2.34. The average Bonchev–Trinajstić information content (AvgIpc) is 3.44. The normalized spacial score (nSPS) is 20.5. The number of aromatic amines is 1. The molecule has 1 aromatic heterocycles. The molecular weight excluding hydrogens is 352 g/mol. The molecule has 4 rings (SSSR count). The van der Waals surface area contributed by atoms with E-state index in [2.05, 4.69) is 20.0 Å². The van der Waals surface area contributed by atoms with Gasteiger partial charge in [0.1, 0.15) is 11.4 Å². The van der Waals surface area contributed by atoms with Crippen molar-refractivity contribution < 1.29 is 9.53 Å². The Labute approximate surface area is 166 Å². The molecule has 150 valence electrons. The van der Waals surface area contributed by atoms with E-state index in [4.69, 9.17) is 4.74 Å². The molecule has 2 aliphatic rings. The number of hydrogen-bond acceptors (Lipinski definition) is 4. The summed E-state index contributed by atoms with van der Waals surface area (Å²) in [5.41, 5.74) is 2.29. The van der Waals surface area contributed by atoms with E-state index in [1.165, 1.54) is 32.4 Å². The fourth-order valence-corrected chi connectivity index (χ4v) is 4.42. The Balaban J connectivity index is 1.45. The number of hydrogen-bond donors (Lipinski definition) is 1.